The van der Waals surface area contributed by atoms with Crippen LogP contribution in [0.25, 0.3) is 22.4 Å². The van der Waals surface area contributed by atoms with E-state index in [1.807, 2.05) is 37.3 Å². The van der Waals surface area contributed by atoms with Crippen molar-refractivity contribution in [1.29, 1.82) is 0 Å². The second-order valence-corrected chi connectivity index (χ2v) is 5.22. The number of phenols is 1. The largest absolute Gasteiger partial charge is 0.508 e. The van der Waals surface area contributed by atoms with Crippen molar-refractivity contribution >= 4 is 11.6 Å². The fourth-order valence-corrected chi connectivity index (χ4v) is 2.30. The van der Waals surface area contributed by atoms with Crippen molar-refractivity contribution in [2.24, 2.45) is 0 Å². The highest BCUT2D eigenvalue weighted by molar-refractivity contribution is 6.30. The van der Waals surface area contributed by atoms with E-state index in [2.05, 4.69) is 9.97 Å². The van der Waals surface area contributed by atoms with Crippen LogP contribution in [0.15, 0.2) is 54.9 Å². The number of halogens is 1. The highest BCUT2D eigenvalue weighted by Crippen LogP contribution is 2.32. The maximum atomic E-state index is 9.42. The lowest BCUT2D eigenvalue weighted by molar-refractivity contribution is 0.475. The third-order valence-corrected chi connectivity index (χ3v) is 3.42. The molecule has 2 aromatic heterocycles. The zero-order chi connectivity index (χ0) is 14.8. The second-order valence-electron chi connectivity index (χ2n) is 4.78. The summed E-state index contributed by atoms with van der Waals surface area (Å²) in [4.78, 5) is 8.76. The number of aromatic hydroxyl groups is 1. The van der Waals surface area contributed by atoms with E-state index >= 15 is 0 Å². The Balaban J connectivity index is 2.17. The monoisotopic (exact) mass is 296 g/mol. The Kier molecular flexibility index (Phi) is 3.59. The topological polar surface area (TPSA) is 46.0 Å². The number of rotatable bonds is 2. The number of aryl methyl sites for hydroxylation is 1. The predicted octanol–water partition coefficient (Wildman–Crippen LogP) is 4.48. The molecule has 1 aromatic carbocycles. The van der Waals surface area contributed by atoms with E-state index in [1.54, 1.807) is 24.5 Å². The van der Waals surface area contributed by atoms with Gasteiger partial charge in [-0.1, -0.05) is 23.7 Å². The van der Waals surface area contributed by atoms with Crippen LogP contribution in [0.4, 0.5) is 0 Å². The fourth-order valence-electron chi connectivity index (χ4n) is 2.14. The third-order valence-electron chi connectivity index (χ3n) is 3.22. The molecule has 104 valence electrons. The Labute approximate surface area is 127 Å². The molecule has 0 fully saturated rings. The summed E-state index contributed by atoms with van der Waals surface area (Å²) in [6.07, 6.45) is 3.43. The summed E-state index contributed by atoms with van der Waals surface area (Å²) in [5, 5.41) is 9.99. The number of nitrogens with zero attached hydrogens (tertiary/aromatic N) is 2. The van der Waals surface area contributed by atoms with Crippen LogP contribution in [0, 0.1) is 6.92 Å². The molecule has 0 spiro atoms. The van der Waals surface area contributed by atoms with Crippen molar-refractivity contribution < 1.29 is 5.11 Å². The minimum absolute atomic E-state index is 0.229. The lowest BCUT2D eigenvalue weighted by Gasteiger charge is -2.10. The van der Waals surface area contributed by atoms with Gasteiger partial charge in [-0.25, -0.2) is 0 Å². The first-order chi connectivity index (χ1) is 10.1. The average molecular weight is 297 g/mol. The van der Waals surface area contributed by atoms with Gasteiger partial charge >= 0.3 is 0 Å². The fraction of sp³-hybridized carbons (Fsp3) is 0.0588. The molecular formula is C17H13ClN2O. The van der Waals surface area contributed by atoms with Gasteiger partial charge in [0.25, 0.3) is 0 Å². The number of aromatic nitrogens is 2. The zero-order valence-electron chi connectivity index (χ0n) is 11.4. The molecule has 21 heavy (non-hydrogen) atoms. The van der Waals surface area contributed by atoms with Gasteiger partial charge in [-0.3, -0.25) is 9.97 Å². The van der Waals surface area contributed by atoms with Crippen LogP contribution >= 0.6 is 11.6 Å². The molecule has 0 saturated heterocycles. The van der Waals surface area contributed by atoms with Gasteiger partial charge in [-0.15, -0.1) is 0 Å². The third kappa shape index (κ3) is 2.88. The summed E-state index contributed by atoms with van der Waals surface area (Å²) in [6, 6.07) is 12.8. The Bertz CT molecular complexity index is 768. The molecule has 3 rings (SSSR count). The molecular weight excluding hydrogens is 284 g/mol. The molecule has 0 radical (unpaired) electrons. The highest BCUT2D eigenvalue weighted by Gasteiger charge is 2.10. The van der Waals surface area contributed by atoms with E-state index in [0.29, 0.717) is 5.02 Å². The molecule has 0 bridgehead atoms. The van der Waals surface area contributed by atoms with Gasteiger partial charge in [0.1, 0.15) is 5.75 Å². The molecule has 0 saturated carbocycles. The van der Waals surface area contributed by atoms with E-state index in [0.717, 1.165) is 28.1 Å². The normalized spacial score (nSPS) is 10.6. The summed E-state index contributed by atoms with van der Waals surface area (Å²) in [7, 11) is 0. The molecule has 3 aromatic rings. The van der Waals surface area contributed by atoms with Crippen molar-refractivity contribution in [3.8, 4) is 28.1 Å². The SMILES string of the molecule is Cc1ccc(-c2ncc(Cl)cc2-c2ccc(O)cc2)cn1. The van der Waals surface area contributed by atoms with Gasteiger partial charge in [-0.2, -0.15) is 0 Å². The quantitative estimate of drug-likeness (QED) is 0.758. The Morgan fingerprint density at radius 1 is 0.905 bits per heavy atom. The molecule has 0 aliphatic rings. The van der Waals surface area contributed by atoms with Gasteiger partial charge in [-0.05, 0) is 42.8 Å². The summed E-state index contributed by atoms with van der Waals surface area (Å²) >= 11 is 6.08. The van der Waals surface area contributed by atoms with E-state index in [-0.39, 0.29) is 5.75 Å². The molecule has 0 atom stereocenters. The maximum Gasteiger partial charge on any atom is 0.115 e. The molecule has 1 N–H and O–H groups in total. The number of benzene rings is 1. The smallest absolute Gasteiger partial charge is 0.115 e. The van der Waals surface area contributed by atoms with Crippen LogP contribution < -0.4 is 0 Å². The highest BCUT2D eigenvalue weighted by atomic mass is 35.5. The Morgan fingerprint density at radius 2 is 1.62 bits per heavy atom. The van der Waals surface area contributed by atoms with Crippen molar-refractivity contribution in [2.75, 3.05) is 0 Å². The minimum Gasteiger partial charge on any atom is -0.508 e. The summed E-state index contributed by atoms with van der Waals surface area (Å²) < 4.78 is 0. The Hall–Kier alpha value is -2.39. The summed E-state index contributed by atoms with van der Waals surface area (Å²) in [5.41, 5.74) is 4.56. The molecule has 0 amide bonds. The van der Waals surface area contributed by atoms with E-state index in [1.165, 1.54) is 0 Å². The van der Waals surface area contributed by atoms with Crippen molar-refractivity contribution in [3.63, 3.8) is 0 Å². The van der Waals surface area contributed by atoms with Gasteiger partial charge < -0.3 is 5.11 Å². The first kappa shape index (κ1) is 13.6. The van der Waals surface area contributed by atoms with Crippen molar-refractivity contribution in [1.82, 2.24) is 9.97 Å². The lowest BCUT2D eigenvalue weighted by atomic mass is 10.00. The Morgan fingerprint density at radius 3 is 2.29 bits per heavy atom. The number of phenolic OH excluding ortho intramolecular Hbond substituents is 1. The van der Waals surface area contributed by atoms with Crippen LogP contribution in [0.2, 0.25) is 5.02 Å². The number of hydrogen-bond donors (Lipinski definition) is 1. The van der Waals surface area contributed by atoms with Crippen molar-refractivity contribution in [2.45, 2.75) is 6.92 Å². The number of hydrogen-bond acceptors (Lipinski definition) is 3. The van der Waals surface area contributed by atoms with Crippen LogP contribution in [0.3, 0.4) is 0 Å². The van der Waals surface area contributed by atoms with Gasteiger partial charge in [0.15, 0.2) is 0 Å². The second kappa shape index (κ2) is 5.54. The summed E-state index contributed by atoms with van der Waals surface area (Å²) in [5.74, 6) is 0.229. The minimum atomic E-state index is 0.229. The predicted molar refractivity (Wildman–Crippen MR) is 84.3 cm³/mol. The van der Waals surface area contributed by atoms with Crippen LogP contribution in [0.1, 0.15) is 5.69 Å². The van der Waals surface area contributed by atoms with Crippen LogP contribution in [-0.4, -0.2) is 15.1 Å². The van der Waals surface area contributed by atoms with Gasteiger partial charge in [0, 0.05) is 29.2 Å². The molecule has 0 aliphatic carbocycles. The molecule has 4 heteroatoms. The first-order valence-corrected chi connectivity index (χ1v) is 6.89. The van der Waals surface area contributed by atoms with Crippen LogP contribution in [-0.2, 0) is 0 Å². The molecule has 3 nitrogen and oxygen atoms in total. The summed E-state index contributed by atoms with van der Waals surface area (Å²) in [6.45, 7) is 1.94. The van der Waals surface area contributed by atoms with Gasteiger partial charge in [0.2, 0.25) is 0 Å². The van der Waals surface area contributed by atoms with Crippen molar-refractivity contribution in [3.05, 3.63) is 65.6 Å². The molecule has 0 aliphatic heterocycles. The average Bonchev–Trinajstić information content (AvgIpc) is 2.49. The molecule has 2 heterocycles. The molecule has 0 unspecified atom stereocenters. The first-order valence-electron chi connectivity index (χ1n) is 6.51. The van der Waals surface area contributed by atoms with Crippen LogP contribution in [0.5, 0.6) is 5.75 Å². The zero-order valence-corrected chi connectivity index (χ0v) is 12.2. The van der Waals surface area contributed by atoms with Gasteiger partial charge in [0.05, 0.1) is 10.7 Å². The lowest BCUT2D eigenvalue weighted by Crippen LogP contribution is -1.91. The number of pyridine rings is 2. The van der Waals surface area contributed by atoms with E-state index < -0.39 is 0 Å². The van der Waals surface area contributed by atoms with E-state index in [9.17, 15) is 5.11 Å². The standard InChI is InChI=1S/C17H13ClN2O/c1-11-2-3-13(9-19-11)17-16(8-14(18)10-20-17)12-4-6-15(21)7-5-12/h2-10,21H,1H3. The maximum absolute atomic E-state index is 9.42. The van der Waals surface area contributed by atoms with E-state index in [4.69, 9.17) is 11.6 Å².